The van der Waals surface area contributed by atoms with Crippen LogP contribution in [0, 0.1) is 5.92 Å². The first-order valence-corrected chi connectivity index (χ1v) is 6.89. The number of hydrogen-bond donors (Lipinski definition) is 2. The minimum Gasteiger partial charge on any atom is -0.491 e. The van der Waals surface area contributed by atoms with Gasteiger partial charge < -0.3 is 15.8 Å². The zero-order valence-electron chi connectivity index (χ0n) is 11.6. The monoisotopic (exact) mass is 262 g/mol. The van der Waals surface area contributed by atoms with Gasteiger partial charge in [0.2, 0.25) is 5.91 Å². The number of hydrogen-bond acceptors (Lipinski definition) is 3. The highest BCUT2D eigenvalue weighted by atomic mass is 16.5. The average Bonchev–Trinajstić information content (AvgIpc) is 2.77. The van der Waals surface area contributed by atoms with E-state index in [2.05, 4.69) is 5.32 Å². The normalized spacial score (nSPS) is 22.5. The summed E-state index contributed by atoms with van der Waals surface area (Å²) < 4.78 is 5.56. The first-order valence-electron chi connectivity index (χ1n) is 6.89. The molecule has 1 saturated carbocycles. The lowest BCUT2D eigenvalue weighted by atomic mass is 10.0. The molecule has 0 radical (unpaired) electrons. The molecule has 2 rings (SSSR count). The Bertz CT molecular complexity index is 428. The summed E-state index contributed by atoms with van der Waals surface area (Å²) in [6.45, 7) is 3.97. The smallest absolute Gasteiger partial charge is 0.229 e. The Morgan fingerprint density at radius 2 is 2.00 bits per heavy atom. The third-order valence-electron chi connectivity index (χ3n) is 3.40. The summed E-state index contributed by atoms with van der Waals surface area (Å²) in [6.07, 6.45) is 3.03. The van der Waals surface area contributed by atoms with Gasteiger partial charge in [-0.1, -0.05) is 6.42 Å². The van der Waals surface area contributed by atoms with Crippen LogP contribution in [0.2, 0.25) is 0 Å². The number of anilines is 1. The molecule has 0 heterocycles. The lowest BCUT2D eigenvalue weighted by molar-refractivity contribution is -0.120. The van der Waals surface area contributed by atoms with Gasteiger partial charge in [0.05, 0.1) is 12.0 Å². The van der Waals surface area contributed by atoms with E-state index >= 15 is 0 Å². The second-order valence-corrected chi connectivity index (χ2v) is 5.38. The molecule has 1 fully saturated rings. The minimum absolute atomic E-state index is 0.00328. The summed E-state index contributed by atoms with van der Waals surface area (Å²) in [4.78, 5) is 12.1. The number of carbonyl (C=O) groups excluding carboxylic acids is 1. The first-order chi connectivity index (χ1) is 9.06. The molecule has 0 aromatic heterocycles. The molecule has 4 nitrogen and oxygen atoms in total. The number of rotatable bonds is 4. The van der Waals surface area contributed by atoms with Gasteiger partial charge in [0.15, 0.2) is 0 Å². The highest BCUT2D eigenvalue weighted by Gasteiger charge is 2.30. The van der Waals surface area contributed by atoms with Crippen LogP contribution in [0.5, 0.6) is 5.75 Å². The summed E-state index contributed by atoms with van der Waals surface area (Å²) >= 11 is 0. The summed E-state index contributed by atoms with van der Waals surface area (Å²) in [5.41, 5.74) is 6.72. The Kier molecular flexibility index (Phi) is 4.43. The predicted molar refractivity (Wildman–Crippen MR) is 76.2 cm³/mol. The van der Waals surface area contributed by atoms with E-state index in [1.54, 1.807) is 0 Å². The number of nitrogens with one attached hydrogen (secondary N) is 1. The molecule has 1 amide bonds. The van der Waals surface area contributed by atoms with Crippen molar-refractivity contribution in [3.63, 3.8) is 0 Å². The van der Waals surface area contributed by atoms with Crippen LogP contribution in [0.4, 0.5) is 5.69 Å². The van der Waals surface area contributed by atoms with Crippen LogP contribution in [0.1, 0.15) is 33.1 Å². The van der Waals surface area contributed by atoms with E-state index in [-0.39, 0.29) is 24.0 Å². The topological polar surface area (TPSA) is 64.3 Å². The van der Waals surface area contributed by atoms with E-state index in [1.165, 1.54) is 0 Å². The predicted octanol–water partition coefficient (Wildman–Crippen LogP) is 2.54. The largest absolute Gasteiger partial charge is 0.491 e. The lowest BCUT2D eigenvalue weighted by Crippen LogP contribution is -2.34. The van der Waals surface area contributed by atoms with Crippen molar-refractivity contribution in [3.05, 3.63) is 24.3 Å². The van der Waals surface area contributed by atoms with Crippen LogP contribution < -0.4 is 15.8 Å². The van der Waals surface area contributed by atoms with Crippen LogP contribution in [-0.4, -0.2) is 18.1 Å². The number of carbonyl (C=O) groups is 1. The average molecular weight is 262 g/mol. The molecular weight excluding hydrogens is 240 g/mol. The van der Waals surface area contributed by atoms with Crippen molar-refractivity contribution in [1.29, 1.82) is 0 Å². The van der Waals surface area contributed by atoms with Gasteiger partial charge in [-0.05, 0) is 51.0 Å². The van der Waals surface area contributed by atoms with E-state index in [0.717, 1.165) is 30.7 Å². The Morgan fingerprint density at radius 3 is 2.53 bits per heavy atom. The van der Waals surface area contributed by atoms with Gasteiger partial charge in [0.25, 0.3) is 0 Å². The molecule has 0 saturated heterocycles. The standard InChI is InChI=1S/C15H22N2O2/c1-10(2)19-12-8-6-11(7-9-12)17-15(18)13-4-3-5-14(13)16/h6-10,13-14H,3-5,16H2,1-2H3,(H,17,18). The van der Waals surface area contributed by atoms with Crippen molar-refractivity contribution in [3.8, 4) is 5.75 Å². The zero-order valence-corrected chi connectivity index (χ0v) is 11.6. The van der Waals surface area contributed by atoms with Crippen LogP contribution in [-0.2, 0) is 4.79 Å². The molecule has 3 N–H and O–H groups in total. The van der Waals surface area contributed by atoms with E-state index in [0.29, 0.717) is 0 Å². The van der Waals surface area contributed by atoms with Crippen LogP contribution in [0.25, 0.3) is 0 Å². The van der Waals surface area contributed by atoms with Crippen molar-refractivity contribution < 1.29 is 9.53 Å². The molecule has 1 aliphatic carbocycles. The number of amides is 1. The summed E-state index contributed by atoms with van der Waals surface area (Å²) in [7, 11) is 0. The summed E-state index contributed by atoms with van der Waals surface area (Å²) in [6, 6.07) is 7.45. The van der Waals surface area contributed by atoms with Crippen molar-refractivity contribution in [1.82, 2.24) is 0 Å². The van der Waals surface area contributed by atoms with Crippen molar-refractivity contribution in [2.75, 3.05) is 5.32 Å². The van der Waals surface area contributed by atoms with Crippen molar-refractivity contribution in [2.24, 2.45) is 11.7 Å². The summed E-state index contributed by atoms with van der Waals surface area (Å²) in [5.74, 6) is 0.791. The maximum atomic E-state index is 12.1. The van der Waals surface area contributed by atoms with Crippen LogP contribution in [0.15, 0.2) is 24.3 Å². The second-order valence-electron chi connectivity index (χ2n) is 5.38. The second kappa shape index (κ2) is 6.06. The van der Waals surface area contributed by atoms with Gasteiger partial charge in [-0.2, -0.15) is 0 Å². The zero-order chi connectivity index (χ0) is 13.8. The Balaban J connectivity index is 1.93. The Hall–Kier alpha value is -1.55. The molecule has 1 aliphatic rings. The SMILES string of the molecule is CC(C)Oc1ccc(NC(=O)C2CCCC2N)cc1. The molecule has 0 aliphatic heterocycles. The van der Waals surface area contributed by atoms with Crippen molar-refractivity contribution in [2.45, 2.75) is 45.3 Å². The van der Waals surface area contributed by atoms with Crippen molar-refractivity contribution >= 4 is 11.6 Å². The van der Waals surface area contributed by atoms with Gasteiger partial charge in [-0.25, -0.2) is 0 Å². The first kappa shape index (κ1) is 13.9. The molecule has 0 spiro atoms. The molecule has 104 valence electrons. The molecule has 4 heteroatoms. The van der Waals surface area contributed by atoms with Gasteiger partial charge in [-0.3, -0.25) is 4.79 Å². The summed E-state index contributed by atoms with van der Waals surface area (Å²) in [5, 5.41) is 2.92. The number of ether oxygens (including phenoxy) is 1. The quantitative estimate of drug-likeness (QED) is 0.876. The Labute approximate surface area is 114 Å². The molecule has 2 atom stereocenters. The number of benzene rings is 1. The van der Waals surface area contributed by atoms with E-state index in [9.17, 15) is 4.79 Å². The molecular formula is C15H22N2O2. The lowest BCUT2D eigenvalue weighted by Gasteiger charge is -2.15. The maximum Gasteiger partial charge on any atom is 0.229 e. The highest BCUT2D eigenvalue weighted by molar-refractivity contribution is 5.93. The van der Waals surface area contributed by atoms with Crippen LogP contribution in [0.3, 0.4) is 0 Å². The third kappa shape index (κ3) is 3.70. The fourth-order valence-electron chi connectivity index (χ4n) is 2.44. The van der Waals surface area contributed by atoms with Gasteiger partial charge >= 0.3 is 0 Å². The van der Waals surface area contributed by atoms with E-state index in [4.69, 9.17) is 10.5 Å². The van der Waals surface area contributed by atoms with Crippen LogP contribution >= 0.6 is 0 Å². The van der Waals surface area contributed by atoms with Gasteiger partial charge in [0.1, 0.15) is 5.75 Å². The van der Waals surface area contributed by atoms with E-state index < -0.39 is 0 Å². The molecule has 1 aromatic carbocycles. The third-order valence-corrected chi connectivity index (χ3v) is 3.40. The molecule has 2 unspecified atom stereocenters. The molecule has 0 bridgehead atoms. The van der Waals surface area contributed by atoms with E-state index in [1.807, 2.05) is 38.1 Å². The van der Waals surface area contributed by atoms with Gasteiger partial charge in [0, 0.05) is 11.7 Å². The van der Waals surface area contributed by atoms with Gasteiger partial charge in [-0.15, -0.1) is 0 Å². The maximum absolute atomic E-state index is 12.1. The highest BCUT2D eigenvalue weighted by Crippen LogP contribution is 2.25. The Morgan fingerprint density at radius 1 is 1.32 bits per heavy atom. The number of nitrogens with two attached hydrogens (primary N) is 1. The fraction of sp³-hybridized carbons (Fsp3) is 0.533. The minimum atomic E-state index is -0.0495. The molecule has 1 aromatic rings. The fourth-order valence-corrected chi connectivity index (χ4v) is 2.44. The molecule has 19 heavy (non-hydrogen) atoms.